The second-order valence-electron chi connectivity index (χ2n) is 6.40. The van der Waals surface area contributed by atoms with Crippen LogP contribution in [0.3, 0.4) is 0 Å². The Kier molecular flexibility index (Phi) is 5.75. The highest BCUT2D eigenvalue weighted by atomic mass is 19.2. The highest BCUT2D eigenvalue weighted by Gasteiger charge is 2.20. The van der Waals surface area contributed by atoms with Gasteiger partial charge in [0, 0.05) is 18.2 Å². The zero-order valence-electron chi connectivity index (χ0n) is 14.9. The first-order valence-corrected chi connectivity index (χ1v) is 8.56. The molecule has 144 valence electrons. The Morgan fingerprint density at radius 1 is 0.857 bits per heavy atom. The molecule has 0 radical (unpaired) electrons. The molecule has 0 saturated carbocycles. The van der Waals surface area contributed by atoms with Crippen molar-refractivity contribution in [2.75, 3.05) is 0 Å². The van der Waals surface area contributed by atoms with Gasteiger partial charge in [-0.05, 0) is 47.9 Å². The van der Waals surface area contributed by atoms with Crippen molar-refractivity contribution in [2.45, 2.75) is 19.0 Å². The standard InChI is InChI=1S/C21H17F3N2O2/c1-13(15-7-10-19(23)20(24)12-15)25-21(14-5-8-17(22)9-6-14)16-3-2-4-18(11-16)26(27)28/h2-13,21,25H,1H3. The topological polar surface area (TPSA) is 55.2 Å². The monoisotopic (exact) mass is 386 g/mol. The summed E-state index contributed by atoms with van der Waals surface area (Å²) in [5, 5.41) is 14.4. The molecular weight excluding hydrogens is 369 g/mol. The van der Waals surface area contributed by atoms with Crippen molar-refractivity contribution in [3.05, 3.63) is 111 Å². The Morgan fingerprint density at radius 2 is 1.54 bits per heavy atom. The van der Waals surface area contributed by atoms with Crippen LogP contribution in [-0.4, -0.2) is 4.92 Å². The number of hydrogen-bond donors (Lipinski definition) is 1. The Labute approximate surface area is 159 Å². The number of halogens is 3. The van der Waals surface area contributed by atoms with Crippen molar-refractivity contribution >= 4 is 5.69 Å². The lowest BCUT2D eigenvalue weighted by Crippen LogP contribution is -2.26. The van der Waals surface area contributed by atoms with Crippen LogP contribution in [0.5, 0.6) is 0 Å². The summed E-state index contributed by atoms with van der Waals surface area (Å²) in [6.07, 6.45) is 0. The van der Waals surface area contributed by atoms with E-state index >= 15 is 0 Å². The van der Waals surface area contributed by atoms with Gasteiger partial charge in [0.05, 0.1) is 11.0 Å². The number of non-ortho nitro benzene ring substituents is 1. The minimum atomic E-state index is -0.958. The predicted octanol–water partition coefficient (Wildman–Crippen LogP) is 5.45. The van der Waals surface area contributed by atoms with Gasteiger partial charge < -0.3 is 0 Å². The second kappa shape index (κ2) is 8.22. The predicted molar refractivity (Wildman–Crippen MR) is 99.2 cm³/mol. The van der Waals surface area contributed by atoms with Crippen molar-refractivity contribution in [1.29, 1.82) is 0 Å². The van der Waals surface area contributed by atoms with Crippen molar-refractivity contribution in [3.8, 4) is 0 Å². The fourth-order valence-electron chi connectivity index (χ4n) is 2.99. The number of rotatable bonds is 6. The Bertz CT molecular complexity index is 993. The molecule has 0 aliphatic carbocycles. The van der Waals surface area contributed by atoms with Gasteiger partial charge in [0.1, 0.15) is 5.82 Å². The Morgan fingerprint density at radius 3 is 2.18 bits per heavy atom. The summed E-state index contributed by atoms with van der Waals surface area (Å²) < 4.78 is 40.2. The quantitative estimate of drug-likeness (QED) is 0.453. The molecule has 0 saturated heterocycles. The minimum absolute atomic E-state index is 0.0770. The molecular formula is C21H17F3N2O2. The van der Waals surface area contributed by atoms with Crippen LogP contribution in [0.15, 0.2) is 66.7 Å². The van der Waals surface area contributed by atoms with Crippen LogP contribution in [-0.2, 0) is 0 Å². The smallest absolute Gasteiger partial charge is 0.269 e. The minimum Gasteiger partial charge on any atom is -0.300 e. The third-order valence-corrected chi connectivity index (χ3v) is 4.48. The average Bonchev–Trinajstić information content (AvgIpc) is 2.69. The number of nitro groups is 1. The van der Waals surface area contributed by atoms with Crippen molar-refractivity contribution in [1.82, 2.24) is 5.32 Å². The summed E-state index contributed by atoms with van der Waals surface area (Å²) in [6.45, 7) is 1.76. The Hall–Kier alpha value is -3.19. The van der Waals surface area contributed by atoms with E-state index < -0.39 is 34.5 Å². The second-order valence-corrected chi connectivity index (χ2v) is 6.40. The first kappa shape index (κ1) is 19.6. The third-order valence-electron chi connectivity index (χ3n) is 4.48. The van der Waals surface area contributed by atoms with Crippen molar-refractivity contribution < 1.29 is 18.1 Å². The van der Waals surface area contributed by atoms with Gasteiger partial charge in [0.25, 0.3) is 5.69 Å². The van der Waals surface area contributed by atoms with Gasteiger partial charge in [0.2, 0.25) is 0 Å². The van der Waals surface area contributed by atoms with Crippen LogP contribution in [0.1, 0.15) is 35.7 Å². The molecule has 3 rings (SSSR count). The van der Waals surface area contributed by atoms with Crippen LogP contribution < -0.4 is 5.32 Å². The summed E-state index contributed by atoms with van der Waals surface area (Å²) in [5.41, 5.74) is 1.70. The number of nitro benzene ring substituents is 1. The molecule has 0 aliphatic heterocycles. The van der Waals surface area contributed by atoms with Crippen LogP contribution in [0.4, 0.5) is 18.9 Å². The van der Waals surface area contributed by atoms with E-state index in [0.717, 1.165) is 12.1 Å². The van der Waals surface area contributed by atoms with Gasteiger partial charge >= 0.3 is 0 Å². The molecule has 3 aromatic rings. The number of nitrogens with zero attached hydrogens (tertiary/aromatic N) is 1. The molecule has 0 aliphatic rings. The SMILES string of the molecule is CC(NC(c1ccc(F)cc1)c1cccc([N+](=O)[O-])c1)c1ccc(F)c(F)c1. The summed E-state index contributed by atoms with van der Waals surface area (Å²) in [6, 6.07) is 14.5. The number of benzene rings is 3. The molecule has 0 bridgehead atoms. The van der Waals surface area contributed by atoms with E-state index in [1.807, 2.05) is 0 Å². The number of nitrogens with one attached hydrogen (secondary N) is 1. The van der Waals surface area contributed by atoms with Crippen LogP contribution in [0.25, 0.3) is 0 Å². The van der Waals surface area contributed by atoms with Gasteiger partial charge in [-0.2, -0.15) is 0 Å². The van der Waals surface area contributed by atoms with Crippen molar-refractivity contribution in [3.63, 3.8) is 0 Å². The van der Waals surface area contributed by atoms with Gasteiger partial charge in [-0.25, -0.2) is 13.2 Å². The molecule has 1 N–H and O–H groups in total. The maximum absolute atomic E-state index is 13.6. The van der Waals surface area contributed by atoms with E-state index in [1.165, 1.54) is 30.3 Å². The van der Waals surface area contributed by atoms with Gasteiger partial charge in [-0.1, -0.05) is 30.3 Å². The zero-order chi connectivity index (χ0) is 20.3. The summed E-state index contributed by atoms with van der Waals surface area (Å²) in [4.78, 5) is 10.6. The van der Waals surface area contributed by atoms with E-state index in [0.29, 0.717) is 16.7 Å². The molecule has 2 atom stereocenters. The van der Waals surface area contributed by atoms with Crippen LogP contribution in [0.2, 0.25) is 0 Å². The highest BCUT2D eigenvalue weighted by Crippen LogP contribution is 2.29. The molecule has 0 spiro atoms. The maximum atomic E-state index is 13.6. The van der Waals surface area contributed by atoms with E-state index in [9.17, 15) is 23.3 Å². The normalized spacial score (nSPS) is 13.1. The molecule has 4 nitrogen and oxygen atoms in total. The number of hydrogen-bond acceptors (Lipinski definition) is 3. The lowest BCUT2D eigenvalue weighted by atomic mass is 9.96. The molecule has 3 aromatic carbocycles. The van der Waals surface area contributed by atoms with Gasteiger partial charge in [0.15, 0.2) is 11.6 Å². The van der Waals surface area contributed by atoms with E-state index in [1.54, 1.807) is 31.2 Å². The Balaban J connectivity index is 1.98. The summed E-state index contributed by atoms with van der Waals surface area (Å²) in [5.74, 6) is -2.31. The highest BCUT2D eigenvalue weighted by molar-refractivity contribution is 5.40. The fourth-order valence-corrected chi connectivity index (χ4v) is 2.99. The van der Waals surface area contributed by atoms with Gasteiger partial charge in [-0.3, -0.25) is 15.4 Å². The van der Waals surface area contributed by atoms with Crippen LogP contribution in [0, 0.1) is 27.6 Å². The summed E-state index contributed by atoms with van der Waals surface area (Å²) >= 11 is 0. The zero-order valence-corrected chi connectivity index (χ0v) is 14.9. The first-order valence-electron chi connectivity index (χ1n) is 8.56. The van der Waals surface area contributed by atoms with Crippen molar-refractivity contribution in [2.24, 2.45) is 0 Å². The molecule has 0 aromatic heterocycles. The lowest BCUT2D eigenvalue weighted by molar-refractivity contribution is -0.384. The van der Waals surface area contributed by atoms with Crippen LogP contribution >= 0.6 is 0 Å². The van der Waals surface area contributed by atoms with E-state index in [-0.39, 0.29) is 5.69 Å². The maximum Gasteiger partial charge on any atom is 0.269 e. The molecule has 0 fully saturated rings. The van der Waals surface area contributed by atoms with Gasteiger partial charge in [-0.15, -0.1) is 0 Å². The lowest BCUT2D eigenvalue weighted by Gasteiger charge is -2.25. The molecule has 0 amide bonds. The molecule has 7 heteroatoms. The molecule has 2 unspecified atom stereocenters. The molecule has 28 heavy (non-hydrogen) atoms. The van der Waals surface area contributed by atoms with E-state index in [4.69, 9.17) is 0 Å². The average molecular weight is 386 g/mol. The first-order chi connectivity index (χ1) is 13.3. The fraction of sp³-hybridized carbons (Fsp3) is 0.143. The van der Waals surface area contributed by atoms with E-state index in [2.05, 4.69) is 5.32 Å². The third kappa shape index (κ3) is 4.37. The largest absolute Gasteiger partial charge is 0.300 e. The summed E-state index contributed by atoms with van der Waals surface area (Å²) in [7, 11) is 0. The molecule has 0 heterocycles.